The minimum Gasteiger partial charge on any atom is -0.487 e. The average Bonchev–Trinajstić information content (AvgIpc) is 2.82. The number of hydrogen-bond acceptors (Lipinski definition) is 7. The molecule has 9 nitrogen and oxygen atoms in total. The summed E-state index contributed by atoms with van der Waals surface area (Å²) in [5.74, 6) is 0.00747. The number of ether oxygens (including phenoxy) is 2. The number of carbonyl (C=O) groups excluding carboxylic acids is 2. The number of likely N-dealkylation sites (N-methyl/N-ethyl adjacent to an activating group) is 1. The van der Waals surface area contributed by atoms with E-state index in [4.69, 9.17) is 9.47 Å². The summed E-state index contributed by atoms with van der Waals surface area (Å²) in [7, 11) is 0. The number of nitrogens with zero attached hydrogens (tertiary/aromatic N) is 2. The van der Waals surface area contributed by atoms with Crippen LogP contribution in [0.3, 0.4) is 0 Å². The molecule has 2 aromatic rings. The first-order valence-corrected chi connectivity index (χ1v) is 11.6. The van der Waals surface area contributed by atoms with E-state index in [0.29, 0.717) is 23.6 Å². The minimum absolute atomic E-state index is 0.0303. The van der Waals surface area contributed by atoms with Crippen LogP contribution in [0.1, 0.15) is 25.5 Å². The summed E-state index contributed by atoms with van der Waals surface area (Å²) < 4.78 is 11.2. The van der Waals surface area contributed by atoms with Gasteiger partial charge in [-0.05, 0) is 62.1 Å². The van der Waals surface area contributed by atoms with Gasteiger partial charge in [-0.3, -0.25) is 15.0 Å². The zero-order chi connectivity index (χ0) is 24.0. The molecule has 2 amide bonds. The highest BCUT2D eigenvalue weighted by molar-refractivity contribution is 7.98. The summed E-state index contributed by atoms with van der Waals surface area (Å²) in [6.07, 6.45) is 1.98. The summed E-state index contributed by atoms with van der Waals surface area (Å²) in [5.41, 5.74) is 1.05. The van der Waals surface area contributed by atoms with Gasteiger partial charge in [-0.15, -0.1) is 11.8 Å². The van der Waals surface area contributed by atoms with Gasteiger partial charge in [-0.2, -0.15) is 0 Å². The van der Waals surface area contributed by atoms with Crippen molar-refractivity contribution >= 4 is 29.4 Å². The van der Waals surface area contributed by atoms with Crippen LogP contribution in [-0.4, -0.2) is 47.8 Å². The molecule has 0 unspecified atom stereocenters. The predicted octanol–water partition coefficient (Wildman–Crippen LogP) is 4.30. The summed E-state index contributed by atoms with van der Waals surface area (Å²) in [6, 6.07) is 12.0. The molecular formula is C23H25N3O6S. The van der Waals surface area contributed by atoms with Crippen molar-refractivity contribution in [2.24, 2.45) is 0 Å². The third-order valence-corrected chi connectivity index (χ3v) is 5.87. The number of nitro benzene ring substituents is 1. The number of nitro groups is 1. The van der Waals surface area contributed by atoms with Crippen LogP contribution >= 0.6 is 11.8 Å². The Morgan fingerprint density at radius 1 is 1.15 bits per heavy atom. The number of amides is 2. The first kappa shape index (κ1) is 24.1. The molecule has 0 saturated carbocycles. The van der Waals surface area contributed by atoms with Crippen molar-refractivity contribution in [3.05, 3.63) is 75.5 Å². The molecule has 0 bridgehead atoms. The van der Waals surface area contributed by atoms with Crippen LogP contribution in [-0.2, 0) is 9.53 Å². The van der Waals surface area contributed by atoms with E-state index in [2.05, 4.69) is 5.32 Å². The number of rotatable bonds is 9. The maximum Gasteiger partial charge on any atom is 0.338 e. The number of nitrogens with one attached hydrogen (secondary N) is 1. The Labute approximate surface area is 195 Å². The van der Waals surface area contributed by atoms with Gasteiger partial charge >= 0.3 is 12.0 Å². The van der Waals surface area contributed by atoms with Gasteiger partial charge in [-0.25, -0.2) is 9.59 Å². The van der Waals surface area contributed by atoms with Crippen molar-refractivity contribution in [2.75, 3.05) is 26.0 Å². The molecule has 1 N–H and O–H groups in total. The highest BCUT2D eigenvalue weighted by Gasteiger charge is 2.38. The lowest BCUT2D eigenvalue weighted by atomic mass is 9.94. The topological polar surface area (TPSA) is 111 Å². The predicted molar refractivity (Wildman–Crippen MR) is 124 cm³/mol. The van der Waals surface area contributed by atoms with Crippen LogP contribution in [0.2, 0.25) is 0 Å². The standard InChI is InChI=1S/C23H25N3O6S/c1-4-25-19(14-32-17-10-12-18(33-3)13-11-17)20(22(27)31-5-2)21(24-23(25)28)15-6-8-16(9-7-15)26(29)30/h6-13,21H,4-5,14H2,1-3H3,(H,24,28)/t21-/m1/s1. The highest BCUT2D eigenvalue weighted by atomic mass is 32.2. The largest absolute Gasteiger partial charge is 0.487 e. The summed E-state index contributed by atoms with van der Waals surface area (Å²) >= 11 is 1.61. The number of urea groups is 1. The van der Waals surface area contributed by atoms with Crippen LogP contribution in [0.15, 0.2) is 64.7 Å². The van der Waals surface area contributed by atoms with E-state index in [-0.39, 0.29) is 24.5 Å². The second kappa shape index (κ2) is 10.9. The minimum atomic E-state index is -0.836. The van der Waals surface area contributed by atoms with Crippen LogP contribution in [0.4, 0.5) is 10.5 Å². The van der Waals surface area contributed by atoms with Crippen molar-refractivity contribution in [1.82, 2.24) is 10.2 Å². The van der Waals surface area contributed by atoms with Gasteiger partial charge in [0.25, 0.3) is 5.69 Å². The third-order valence-electron chi connectivity index (χ3n) is 5.12. The summed E-state index contributed by atoms with van der Waals surface area (Å²) in [5, 5.41) is 13.8. The molecule has 1 aliphatic heterocycles. The smallest absolute Gasteiger partial charge is 0.338 e. The van der Waals surface area contributed by atoms with Crippen LogP contribution in [0.25, 0.3) is 0 Å². The number of hydrogen-bond donors (Lipinski definition) is 1. The van der Waals surface area contributed by atoms with E-state index in [1.165, 1.54) is 29.2 Å². The number of benzene rings is 2. The van der Waals surface area contributed by atoms with Gasteiger partial charge in [0.2, 0.25) is 0 Å². The molecule has 0 saturated heterocycles. The van der Waals surface area contributed by atoms with Gasteiger partial charge in [0, 0.05) is 23.6 Å². The SMILES string of the molecule is CCOC(=O)C1=C(COc2ccc(SC)cc2)N(CC)C(=O)N[C@@H]1c1ccc([N+](=O)[O-])cc1. The molecule has 33 heavy (non-hydrogen) atoms. The maximum atomic E-state index is 13.0. The van der Waals surface area contributed by atoms with Crippen LogP contribution < -0.4 is 10.1 Å². The lowest BCUT2D eigenvalue weighted by molar-refractivity contribution is -0.384. The van der Waals surface area contributed by atoms with Gasteiger partial charge in [0.05, 0.1) is 28.8 Å². The van der Waals surface area contributed by atoms with E-state index < -0.39 is 23.0 Å². The van der Waals surface area contributed by atoms with Crippen molar-refractivity contribution in [3.8, 4) is 5.75 Å². The van der Waals surface area contributed by atoms with Crippen molar-refractivity contribution in [3.63, 3.8) is 0 Å². The molecule has 174 valence electrons. The highest BCUT2D eigenvalue weighted by Crippen LogP contribution is 2.33. The fraction of sp³-hybridized carbons (Fsp3) is 0.304. The Bertz CT molecular complexity index is 1050. The molecule has 2 aromatic carbocycles. The second-order valence-corrected chi connectivity index (χ2v) is 7.90. The molecule has 10 heteroatoms. The van der Waals surface area contributed by atoms with E-state index in [0.717, 1.165) is 4.90 Å². The molecular weight excluding hydrogens is 446 g/mol. The van der Waals surface area contributed by atoms with Gasteiger partial charge in [0.15, 0.2) is 0 Å². The van der Waals surface area contributed by atoms with Crippen LogP contribution in [0.5, 0.6) is 5.75 Å². The summed E-state index contributed by atoms with van der Waals surface area (Å²) in [6.45, 7) is 3.92. The lowest BCUT2D eigenvalue weighted by Gasteiger charge is -2.36. The summed E-state index contributed by atoms with van der Waals surface area (Å²) in [4.78, 5) is 38.9. The molecule has 0 spiro atoms. The Morgan fingerprint density at radius 2 is 1.82 bits per heavy atom. The normalized spacial score (nSPS) is 15.8. The molecule has 1 heterocycles. The molecule has 1 atom stereocenters. The molecule has 1 aliphatic rings. The van der Waals surface area contributed by atoms with Crippen molar-refractivity contribution in [1.29, 1.82) is 0 Å². The molecule has 0 radical (unpaired) electrons. The fourth-order valence-corrected chi connectivity index (χ4v) is 3.91. The Hall–Kier alpha value is -3.53. The van der Waals surface area contributed by atoms with Gasteiger partial charge < -0.3 is 14.8 Å². The number of carbonyl (C=O) groups is 2. The Balaban J connectivity index is 2.03. The first-order valence-electron chi connectivity index (χ1n) is 10.4. The molecule has 0 aliphatic carbocycles. The Morgan fingerprint density at radius 3 is 2.36 bits per heavy atom. The molecule has 0 aromatic heterocycles. The fourth-order valence-electron chi connectivity index (χ4n) is 3.50. The monoisotopic (exact) mass is 471 g/mol. The van der Waals surface area contributed by atoms with E-state index in [1.807, 2.05) is 30.5 Å². The molecule has 3 rings (SSSR count). The second-order valence-electron chi connectivity index (χ2n) is 7.02. The third kappa shape index (κ3) is 5.46. The lowest BCUT2D eigenvalue weighted by Crippen LogP contribution is -2.49. The van der Waals surface area contributed by atoms with E-state index in [9.17, 15) is 19.7 Å². The first-order chi connectivity index (χ1) is 15.9. The van der Waals surface area contributed by atoms with E-state index >= 15 is 0 Å². The number of esters is 1. The zero-order valence-corrected chi connectivity index (χ0v) is 19.4. The maximum absolute atomic E-state index is 13.0. The zero-order valence-electron chi connectivity index (χ0n) is 18.6. The molecule has 0 fully saturated rings. The number of non-ortho nitro benzene ring substituents is 1. The average molecular weight is 472 g/mol. The van der Waals surface area contributed by atoms with Crippen molar-refractivity contribution < 1.29 is 24.0 Å². The van der Waals surface area contributed by atoms with Crippen LogP contribution in [0, 0.1) is 10.1 Å². The van der Waals surface area contributed by atoms with Crippen molar-refractivity contribution in [2.45, 2.75) is 24.8 Å². The van der Waals surface area contributed by atoms with Gasteiger partial charge in [0.1, 0.15) is 12.4 Å². The quantitative estimate of drug-likeness (QED) is 0.251. The Kier molecular flexibility index (Phi) is 7.94. The van der Waals surface area contributed by atoms with Gasteiger partial charge in [-0.1, -0.05) is 0 Å². The number of thioether (sulfide) groups is 1. The van der Waals surface area contributed by atoms with E-state index in [1.54, 1.807) is 25.6 Å².